The number of guanidine groups is 1. The molecule has 1 heterocycles. The molecule has 10 heteroatoms. The number of aromatic nitrogens is 1. The van der Waals surface area contributed by atoms with Crippen LogP contribution in [0, 0.1) is 0 Å². The summed E-state index contributed by atoms with van der Waals surface area (Å²) in [5, 5.41) is 14.8. The minimum atomic E-state index is -3.48. The van der Waals surface area contributed by atoms with Crippen molar-refractivity contribution in [2.24, 2.45) is 10.1 Å². The highest BCUT2D eigenvalue weighted by atomic mass is 127. The second kappa shape index (κ2) is 10.0. The molecule has 1 rings (SSSR count). The summed E-state index contributed by atoms with van der Waals surface area (Å²) < 4.78 is 26.9. The van der Waals surface area contributed by atoms with Gasteiger partial charge in [-0.3, -0.25) is 0 Å². The minimum absolute atomic E-state index is 0. The summed E-state index contributed by atoms with van der Waals surface area (Å²) in [4.78, 5) is 4.30. The third-order valence-corrected chi connectivity index (χ3v) is 3.36. The third-order valence-electron chi connectivity index (χ3n) is 2.58. The van der Waals surface area contributed by atoms with Crippen LogP contribution in [0.2, 0.25) is 0 Å². The second-order valence-electron chi connectivity index (χ2n) is 4.86. The zero-order chi connectivity index (χ0) is 15.9. The lowest BCUT2D eigenvalue weighted by molar-refractivity contribution is 0.376. The van der Waals surface area contributed by atoms with E-state index in [1.54, 1.807) is 0 Å². The van der Waals surface area contributed by atoms with Crippen molar-refractivity contribution >= 4 is 40.0 Å². The van der Waals surface area contributed by atoms with Gasteiger partial charge in [0.05, 0.1) is 11.4 Å². The van der Waals surface area contributed by atoms with E-state index in [1.807, 2.05) is 26.8 Å². The van der Waals surface area contributed by atoms with Gasteiger partial charge in [0.2, 0.25) is 10.0 Å². The molecule has 0 bridgehead atoms. The number of hydrogen-bond donors (Lipinski definition) is 3. The Morgan fingerprint density at radius 2 is 2.14 bits per heavy atom. The number of rotatable bonds is 7. The Hall–Kier alpha value is -0.880. The van der Waals surface area contributed by atoms with Crippen LogP contribution in [0.4, 0.5) is 0 Å². The largest absolute Gasteiger partial charge is 0.359 e. The van der Waals surface area contributed by atoms with Crippen LogP contribution >= 0.6 is 24.0 Å². The summed E-state index contributed by atoms with van der Waals surface area (Å²) in [6.45, 7) is 7.16. The van der Waals surface area contributed by atoms with Crippen molar-refractivity contribution in [2.45, 2.75) is 33.2 Å². The van der Waals surface area contributed by atoms with E-state index >= 15 is 0 Å². The highest BCUT2D eigenvalue weighted by molar-refractivity contribution is 14.0. The van der Waals surface area contributed by atoms with E-state index in [0.29, 0.717) is 30.7 Å². The average Bonchev–Trinajstić information content (AvgIpc) is 2.83. The average molecular weight is 445 g/mol. The van der Waals surface area contributed by atoms with Gasteiger partial charge in [-0.15, -0.1) is 24.0 Å². The standard InChI is InChI=1S/C12H23N5O3S.HI/c1-4-14-12(15-5-6-21(13,18)19)16-8-10-7-11(9(2)3)17-20-10;/h7,9H,4-6,8H2,1-3H3,(H2,13,18,19)(H2,14,15,16);1H. The first-order valence-corrected chi connectivity index (χ1v) is 8.51. The molecule has 0 atom stereocenters. The first-order valence-electron chi connectivity index (χ1n) is 6.80. The number of hydrogen-bond acceptors (Lipinski definition) is 5. The molecule has 0 fully saturated rings. The van der Waals surface area contributed by atoms with Gasteiger partial charge in [-0.25, -0.2) is 18.5 Å². The molecule has 8 nitrogen and oxygen atoms in total. The second-order valence-corrected chi connectivity index (χ2v) is 6.60. The van der Waals surface area contributed by atoms with Crippen molar-refractivity contribution in [1.29, 1.82) is 0 Å². The number of primary sulfonamides is 1. The van der Waals surface area contributed by atoms with E-state index in [1.165, 1.54) is 0 Å². The van der Waals surface area contributed by atoms with Gasteiger partial charge in [-0.2, -0.15) is 0 Å². The molecule has 0 aliphatic rings. The third kappa shape index (κ3) is 8.54. The van der Waals surface area contributed by atoms with Crippen LogP contribution in [0.15, 0.2) is 15.6 Å². The van der Waals surface area contributed by atoms with Gasteiger partial charge >= 0.3 is 0 Å². The molecule has 0 radical (unpaired) electrons. The molecule has 1 aromatic rings. The summed E-state index contributed by atoms with van der Waals surface area (Å²) in [5.74, 6) is 1.30. The number of nitrogens with zero attached hydrogens (tertiary/aromatic N) is 2. The van der Waals surface area contributed by atoms with Gasteiger partial charge in [0.25, 0.3) is 0 Å². The number of nitrogens with one attached hydrogen (secondary N) is 2. The molecular weight excluding hydrogens is 421 g/mol. The van der Waals surface area contributed by atoms with Crippen LogP contribution < -0.4 is 15.8 Å². The lowest BCUT2D eigenvalue weighted by Gasteiger charge is -2.09. The topological polar surface area (TPSA) is 123 Å². The van der Waals surface area contributed by atoms with Crippen molar-refractivity contribution in [3.05, 3.63) is 17.5 Å². The number of sulfonamides is 1. The van der Waals surface area contributed by atoms with Crippen LogP contribution in [0.1, 0.15) is 38.1 Å². The Balaban J connectivity index is 0.00000441. The Kier molecular flexibility index (Phi) is 9.60. The molecule has 1 aromatic heterocycles. The zero-order valence-corrected chi connectivity index (χ0v) is 16.1. The van der Waals surface area contributed by atoms with Crippen molar-refractivity contribution in [3.63, 3.8) is 0 Å². The molecule has 0 amide bonds. The van der Waals surface area contributed by atoms with Crippen molar-refractivity contribution in [2.75, 3.05) is 18.8 Å². The van der Waals surface area contributed by atoms with Gasteiger partial charge in [-0.05, 0) is 12.8 Å². The van der Waals surface area contributed by atoms with E-state index < -0.39 is 10.0 Å². The molecule has 128 valence electrons. The monoisotopic (exact) mass is 445 g/mol. The smallest absolute Gasteiger partial charge is 0.210 e. The lowest BCUT2D eigenvalue weighted by Crippen LogP contribution is -2.40. The number of nitrogens with two attached hydrogens (primary N) is 1. The van der Waals surface area contributed by atoms with Crippen LogP contribution in [-0.2, 0) is 16.6 Å². The Morgan fingerprint density at radius 3 is 2.64 bits per heavy atom. The zero-order valence-electron chi connectivity index (χ0n) is 13.0. The fraction of sp³-hybridized carbons (Fsp3) is 0.667. The van der Waals surface area contributed by atoms with Crippen LogP contribution in [0.3, 0.4) is 0 Å². The molecule has 0 saturated carbocycles. The van der Waals surface area contributed by atoms with E-state index in [0.717, 1.165) is 5.69 Å². The molecule has 0 aliphatic heterocycles. The van der Waals surface area contributed by atoms with E-state index in [2.05, 4.69) is 20.8 Å². The maximum absolute atomic E-state index is 10.9. The van der Waals surface area contributed by atoms with Gasteiger partial charge in [-0.1, -0.05) is 19.0 Å². The van der Waals surface area contributed by atoms with Crippen LogP contribution in [0.25, 0.3) is 0 Å². The van der Waals surface area contributed by atoms with Crippen molar-refractivity contribution in [1.82, 2.24) is 15.8 Å². The first-order chi connectivity index (χ1) is 9.81. The van der Waals surface area contributed by atoms with E-state index in [4.69, 9.17) is 9.66 Å². The van der Waals surface area contributed by atoms with Crippen molar-refractivity contribution < 1.29 is 12.9 Å². The Labute approximate surface area is 148 Å². The quantitative estimate of drug-likeness (QED) is 0.324. The maximum atomic E-state index is 10.9. The van der Waals surface area contributed by atoms with Crippen LogP contribution in [-0.4, -0.2) is 38.4 Å². The molecule has 0 aliphatic carbocycles. The van der Waals surface area contributed by atoms with Gasteiger partial charge in [0, 0.05) is 19.2 Å². The van der Waals surface area contributed by atoms with Gasteiger partial charge in [0.15, 0.2) is 11.7 Å². The fourth-order valence-electron chi connectivity index (χ4n) is 1.49. The lowest BCUT2D eigenvalue weighted by atomic mass is 10.1. The molecule has 0 unspecified atom stereocenters. The molecule has 0 saturated heterocycles. The molecule has 22 heavy (non-hydrogen) atoms. The van der Waals surface area contributed by atoms with Crippen molar-refractivity contribution in [3.8, 4) is 0 Å². The minimum Gasteiger partial charge on any atom is -0.359 e. The summed E-state index contributed by atoms with van der Waals surface area (Å²) in [7, 11) is -3.48. The summed E-state index contributed by atoms with van der Waals surface area (Å²) in [6, 6.07) is 1.86. The molecule has 0 aromatic carbocycles. The summed E-state index contributed by atoms with van der Waals surface area (Å²) >= 11 is 0. The predicted octanol–water partition coefficient (Wildman–Crippen LogP) is 0.760. The molecule has 4 N–H and O–H groups in total. The van der Waals surface area contributed by atoms with Crippen LogP contribution in [0.5, 0.6) is 0 Å². The van der Waals surface area contributed by atoms with E-state index in [-0.39, 0.29) is 36.3 Å². The number of halogens is 1. The summed E-state index contributed by atoms with van der Waals surface area (Å²) in [5.41, 5.74) is 0.882. The Morgan fingerprint density at radius 1 is 1.45 bits per heavy atom. The summed E-state index contributed by atoms with van der Waals surface area (Å²) in [6.07, 6.45) is 0. The SMILES string of the molecule is CCNC(=NCc1cc(C(C)C)no1)NCCS(N)(=O)=O.I. The van der Waals surface area contributed by atoms with E-state index in [9.17, 15) is 8.42 Å². The first kappa shape index (κ1) is 21.1. The van der Waals surface area contributed by atoms with Gasteiger partial charge < -0.3 is 15.2 Å². The molecular formula is C12H24IN5O3S. The molecule has 0 spiro atoms. The maximum Gasteiger partial charge on any atom is 0.210 e. The predicted molar refractivity (Wildman–Crippen MR) is 96.8 cm³/mol. The number of aliphatic imine (C=N–C) groups is 1. The fourth-order valence-corrected chi connectivity index (χ4v) is 1.87. The Bertz CT molecular complexity index is 571. The van der Waals surface area contributed by atoms with Gasteiger partial charge in [0.1, 0.15) is 6.54 Å². The highest BCUT2D eigenvalue weighted by Crippen LogP contribution is 2.14. The highest BCUT2D eigenvalue weighted by Gasteiger charge is 2.08. The normalized spacial score (nSPS) is 12.1.